The first kappa shape index (κ1) is 14.4. The summed E-state index contributed by atoms with van der Waals surface area (Å²) in [6.07, 6.45) is 2.45. The van der Waals surface area contributed by atoms with Crippen molar-refractivity contribution in [2.24, 2.45) is 5.92 Å². The van der Waals surface area contributed by atoms with E-state index in [2.05, 4.69) is 27.8 Å². The third-order valence-electron chi connectivity index (χ3n) is 3.11. The second kappa shape index (κ2) is 6.33. The predicted molar refractivity (Wildman–Crippen MR) is 70.4 cm³/mol. The molecule has 0 saturated carbocycles. The average molecular weight is 313 g/mol. The Hall–Kier alpha value is 0.350. The fourth-order valence-electron chi connectivity index (χ4n) is 1.90. The summed E-state index contributed by atoms with van der Waals surface area (Å²) in [5, 5.41) is 1.02. The van der Waals surface area contributed by atoms with Crippen molar-refractivity contribution in [2.45, 2.75) is 13.3 Å². The molecule has 0 amide bonds. The molecule has 1 unspecified atom stereocenters. The van der Waals surface area contributed by atoms with Crippen LogP contribution < -0.4 is 0 Å². The van der Waals surface area contributed by atoms with E-state index in [0.29, 0.717) is 19.0 Å². The zero-order chi connectivity index (χ0) is 12.2. The summed E-state index contributed by atoms with van der Waals surface area (Å²) < 4.78 is 24.2. The molecule has 0 aliphatic carbocycles. The number of sulfonamides is 1. The molecule has 1 rings (SSSR count). The quantitative estimate of drug-likeness (QED) is 0.711. The van der Waals surface area contributed by atoms with E-state index in [1.54, 1.807) is 4.31 Å². The van der Waals surface area contributed by atoms with E-state index >= 15 is 0 Å². The highest BCUT2D eigenvalue weighted by molar-refractivity contribution is 9.09. The van der Waals surface area contributed by atoms with Gasteiger partial charge in [-0.3, -0.25) is 0 Å². The third-order valence-corrected chi connectivity index (χ3v) is 5.33. The Morgan fingerprint density at radius 3 is 2.19 bits per heavy atom. The van der Waals surface area contributed by atoms with Crippen LogP contribution in [0.15, 0.2) is 0 Å². The maximum absolute atomic E-state index is 11.3. The highest BCUT2D eigenvalue weighted by Gasteiger charge is 2.24. The molecule has 1 aliphatic rings. The van der Waals surface area contributed by atoms with Crippen molar-refractivity contribution in [1.82, 2.24) is 9.21 Å². The monoisotopic (exact) mass is 312 g/mol. The molecular formula is C10H21BrN2O2S. The minimum absolute atomic E-state index is 0.636. The Bertz CT molecular complexity index is 296. The van der Waals surface area contributed by atoms with Crippen LogP contribution in [0.25, 0.3) is 0 Å². The Kier molecular flexibility index (Phi) is 5.70. The molecule has 0 aromatic carbocycles. The maximum Gasteiger partial charge on any atom is 0.211 e. The number of rotatable bonds is 5. The minimum Gasteiger partial charge on any atom is -0.300 e. The van der Waals surface area contributed by atoms with Crippen LogP contribution in [0.2, 0.25) is 0 Å². The molecule has 1 aliphatic heterocycles. The van der Waals surface area contributed by atoms with Gasteiger partial charge in [-0.2, -0.15) is 4.31 Å². The van der Waals surface area contributed by atoms with Crippen molar-refractivity contribution in [1.29, 1.82) is 0 Å². The summed E-state index contributed by atoms with van der Waals surface area (Å²) >= 11 is 3.51. The molecule has 1 saturated heterocycles. The van der Waals surface area contributed by atoms with Gasteiger partial charge in [-0.1, -0.05) is 29.3 Å². The molecule has 0 bridgehead atoms. The molecule has 1 atom stereocenters. The summed E-state index contributed by atoms with van der Waals surface area (Å²) in [4.78, 5) is 2.36. The van der Waals surface area contributed by atoms with Crippen molar-refractivity contribution < 1.29 is 8.42 Å². The molecule has 0 aromatic rings. The number of piperazine rings is 1. The molecular weight excluding hydrogens is 292 g/mol. The van der Waals surface area contributed by atoms with Crippen LogP contribution in [0.3, 0.4) is 0 Å². The van der Waals surface area contributed by atoms with Gasteiger partial charge in [-0.15, -0.1) is 0 Å². The van der Waals surface area contributed by atoms with Crippen LogP contribution >= 0.6 is 15.9 Å². The molecule has 0 aromatic heterocycles. The van der Waals surface area contributed by atoms with Crippen molar-refractivity contribution in [3.05, 3.63) is 0 Å². The molecule has 4 nitrogen and oxygen atoms in total. The van der Waals surface area contributed by atoms with E-state index in [4.69, 9.17) is 0 Å². The van der Waals surface area contributed by atoms with Crippen molar-refractivity contribution >= 4 is 26.0 Å². The summed E-state index contributed by atoms with van der Waals surface area (Å²) in [6.45, 7) is 6.25. The smallest absolute Gasteiger partial charge is 0.211 e. The van der Waals surface area contributed by atoms with Crippen LogP contribution in [0.5, 0.6) is 0 Å². The molecule has 1 fully saturated rings. The first-order valence-corrected chi connectivity index (χ1v) is 8.67. The Balaban J connectivity index is 2.38. The highest BCUT2D eigenvalue weighted by Crippen LogP contribution is 2.12. The predicted octanol–water partition coefficient (Wildman–Crippen LogP) is 0.985. The van der Waals surface area contributed by atoms with Gasteiger partial charge in [-0.05, 0) is 5.92 Å². The molecule has 0 radical (unpaired) electrons. The van der Waals surface area contributed by atoms with Gasteiger partial charge >= 0.3 is 0 Å². The van der Waals surface area contributed by atoms with E-state index in [9.17, 15) is 8.42 Å². The molecule has 6 heteroatoms. The lowest BCUT2D eigenvalue weighted by Crippen LogP contribution is -2.49. The average Bonchev–Trinajstić information content (AvgIpc) is 2.25. The zero-order valence-electron chi connectivity index (χ0n) is 10.0. The van der Waals surface area contributed by atoms with Crippen LogP contribution in [-0.2, 0) is 10.0 Å². The van der Waals surface area contributed by atoms with Crippen molar-refractivity contribution in [3.8, 4) is 0 Å². The van der Waals surface area contributed by atoms with Crippen LogP contribution in [-0.4, -0.2) is 61.9 Å². The van der Waals surface area contributed by atoms with Gasteiger partial charge in [0.25, 0.3) is 0 Å². The number of hydrogen-bond acceptors (Lipinski definition) is 3. The first-order chi connectivity index (χ1) is 7.47. The van der Waals surface area contributed by atoms with Crippen molar-refractivity contribution in [3.63, 3.8) is 0 Å². The SMILES string of the molecule is CCC(CBr)CN1CCN(S(C)(=O)=O)CC1. The number of nitrogens with zero attached hydrogens (tertiary/aromatic N) is 2. The molecule has 96 valence electrons. The van der Waals surface area contributed by atoms with E-state index in [-0.39, 0.29) is 0 Å². The largest absolute Gasteiger partial charge is 0.300 e. The lowest BCUT2D eigenvalue weighted by molar-refractivity contribution is 0.169. The Morgan fingerprint density at radius 1 is 1.25 bits per heavy atom. The minimum atomic E-state index is -2.99. The number of hydrogen-bond donors (Lipinski definition) is 0. The van der Waals surface area contributed by atoms with E-state index in [0.717, 1.165) is 31.4 Å². The molecule has 16 heavy (non-hydrogen) atoms. The summed E-state index contributed by atoms with van der Waals surface area (Å²) in [6, 6.07) is 0. The maximum atomic E-state index is 11.3. The van der Waals surface area contributed by atoms with E-state index in [1.165, 1.54) is 6.26 Å². The second-order valence-corrected chi connectivity index (χ2v) is 7.02. The second-order valence-electron chi connectivity index (χ2n) is 4.39. The van der Waals surface area contributed by atoms with Gasteiger partial charge in [0.2, 0.25) is 10.0 Å². The fourth-order valence-corrected chi connectivity index (χ4v) is 3.39. The van der Waals surface area contributed by atoms with Gasteiger partial charge in [0.15, 0.2) is 0 Å². The standard InChI is InChI=1S/C10H21BrN2O2S/c1-3-10(8-11)9-12-4-6-13(7-5-12)16(2,14)15/h10H,3-9H2,1-2H3. The van der Waals surface area contributed by atoms with Gasteiger partial charge in [0.05, 0.1) is 6.26 Å². The zero-order valence-corrected chi connectivity index (χ0v) is 12.4. The van der Waals surface area contributed by atoms with Crippen LogP contribution in [0, 0.1) is 5.92 Å². The van der Waals surface area contributed by atoms with E-state index < -0.39 is 10.0 Å². The molecule has 0 N–H and O–H groups in total. The summed E-state index contributed by atoms with van der Waals surface area (Å²) in [5.41, 5.74) is 0. The number of alkyl halides is 1. The van der Waals surface area contributed by atoms with Crippen LogP contribution in [0.1, 0.15) is 13.3 Å². The first-order valence-electron chi connectivity index (χ1n) is 5.70. The highest BCUT2D eigenvalue weighted by atomic mass is 79.9. The van der Waals surface area contributed by atoms with Gasteiger partial charge in [0, 0.05) is 38.1 Å². The fraction of sp³-hybridized carbons (Fsp3) is 1.00. The molecule has 1 heterocycles. The third kappa shape index (κ3) is 4.31. The van der Waals surface area contributed by atoms with E-state index in [1.807, 2.05) is 0 Å². The van der Waals surface area contributed by atoms with Gasteiger partial charge < -0.3 is 4.90 Å². The summed E-state index contributed by atoms with van der Waals surface area (Å²) in [7, 11) is -2.99. The van der Waals surface area contributed by atoms with Gasteiger partial charge in [0.1, 0.15) is 0 Å². The normalized spacial score (nSPS) is 22.2. The van der Waals surface area contributed by atoms with Crippen LogP contribution in [0.4, 0.5) is 0 Å². The Labute approximate surface area is 107 Å². The van der Waals surface area contributed by atoms with Crippen molar-refractivity contribution in [2.75, 3.05) is 44.3 Å². The summed E-state index contributed by atoms with van der Waals surface area (Å²) in [5.74, 6) is 0.671. The van der Waals surface area contributed by atoms with Gasteiger partial charge in [-0.25, -0.2) is 8.42 Å². The molecule has 0 spiro atoms. The topological polar surface area (TPSA) is 40.6 Å². The number of halogens is 1. The lowest BCUT2D eigenvalue weighted by atomic mass is 10.1. The Morgan fingerprint density at radius 2 is 1.81 bits per heavy atom. The lowest BCUT2D eigenvalue weighted by Gasteiger charge is -2.34.